The van der Waals surface area contributed by atoms with Crippen molar-refractivity contribution in [3.05, 3.63) is 29.8 Å². The predicted octanol–water partition coefficient (Wildman–Crippen LogP) is 3.70. The molecule has 1 aromatic rings. The van der Waals surface area contributed by atoms with Gasteiger partial charge < -0.3 is 10.4 Å². The minimum atomic E-state index is 0.405. The van der Waals surface area contributed by atoms with E-state index in [0.717, 1.165) is 18.0 Å². The number of aromatic hydroxyl groups is 1. The van der Waals surface area contributed by atoms with Crippen LogP contribution in [0.25, 0.3) is 0 Å². The minimum Gasteiger partial charge on any atom is -0.508 e. The first kappa shape index (κ1) is 13.0. The molecule has 3 atom stereocenters. The number of hydrogen-bond donors (Lipinski definition) is 2. The Morgan fingerprint density at radius 1 is 1.26 bits per heavy atom. The van der Waals surface area contributed by atoms with Crippen LogP contribution < -0.4 is 5.32 Å². The smallest absolute Gasteiger partial charge is 0.120 e. The van der Waals surface area contributed by atoms with Crippen LogP contribution in [0.15, 0.2) is 24.3 Å². The highest BCUT2D eigenvalue weighted by atomic mass is 16.3. The Bertz CT molecular complexity index is 482. The molecule has 2 fully saturated rings. The van der Waals surface area contributed by atoms with Crippen molar-refractivity contribution in [3.63, 3.8) is 0 Å². The van der Waals surface area contributed by atoms with Crippen LogP contribution in [0.4, 0.5) is 0 Å². The molecule has 2 saturated carbocycles. The Hall–Kier alpha value is -1.02. The maximum absolute atomic E-state index is 9.84. The summed E-state index contributed by atoms with van der Waals surface area (Å²) in [6.45, 7) is 8.09. The third-order valence-electron chi connectivity index (χ3n) is 6.32. The van der Waals surface area contributed by atoms with E-state index < -0.39 is 0 Å². The molecule has 0 amide bonds. The topological polar surface area (TPSA) is 32.3 Å². The van der Waals surface area contributed by atoms with Crippen molar-refractivity contribution in [1.29, 1.82) is 0 Å². The van der Waals surface area contributed by atoms with Gasteiger partial charge in [0.2, 0.25) is 0 Å². The van der Waals surface area contributed by atoms with E-state index in [1.54, 1.807) is 6.07 Å². The van der Waals surface area contributed by atoms with Gasteiger partial charge in [0.1, 0.15) is 5.75 Å². The molecule has 2 aliphatic rings. The zero-order valence-electron chi connectivity index (χ0n) is 12.2. The highest BCUT2D eigenvalue weighted by Crippen LogP contribution is 2.65. The highest BCUT2D eigenvalue weighted by Gasteiger charge is 2.60. The second-order valence-electron chi connectivity index (χ2n) is 7.17. The summed E-state index contributed by atoms with van der Waals surface area (Å²) in [6, 6.07) is 8.22. The van der Waals surface area contributed by atoms with Crippen molar-refractivity contribution in [2.45, 2.75) is 52.6 Å². The molecule has 0 spiro atoms. The lowest BCUT2D eigenvalue weighted by Crippen LogP contribution is -2.44. The molecule has 0 saturated heterocycles. The average Bonchev–Trinajstić information content (AvgIpc) is 2.70. The van der Waals surface area contributed by atoms with Crippen molar-refractivity contribution in [2.75, 3.05) is 0 Å². The number of phenolic OH excluding ortho intramolecular Hbond substituents is 1. The lowest BCUT2D eigenvalue weighted by Gasteiger charge is -2.39. The SMILES string of the molecule is CC1(C)[C@@H]2CC[C@@]1(C)[C@@H](NCc1ccccc1O)C2. The first-order chi connectivity index (χ1) is 8.95. The van der Waals surface area contributed by atoms with Crippen molar-refractivity contribution in [3.8, 4) is 5.75 Å². The van der Waals surface area contributed by atoms with Crippen LogP contribution in [0.5, 0.6) is 5.75 Å². The third kappa shape index (κ3) is 1.80. The molecule has 0 aromatic heterocycles. The molecule has 3 rings (SSSR count). The lowest BCUT2D eigenvalue weighted by molar-refractivity contribution is 0.120. The Labute approximate surface area is 116 Å². The van der Waals surface area contributed by atoms with Gasteiger partial charge >= 0.3 is 0 Å². The molecule has 0 radical (unpaired) electrons. The number of rotatable bonds is 3. The van der Waals surface area contributed by atoms with Crippen molar-refractivity contribution in [2.24, 2.45) is 16.7 Å². The highest BCUT2D eigenvalue weighted by molar-refractivity contribution is 5.31. The molecular formula is C17H25NO. The predicted molar refractivity (Wildman–Crippen MR) is 78.0 cm³/mol. The molecule has 2 aliphatic carbocycles. The van der Waals surface area contributed by atoms with E-state index in [9.17, 15) is 5.11 Å². The van der Waals surface area contributed by atoms with Gasteiger partial charge in [-0.2, -0.15) is 0 Å². The van der Waals surface area contributed by atoms with Crippen molar-refractivity contribution >= 4 is 0 Å². The second kappa shape index (κ2) is 4.24. The zero-order chi connectivity index (χ0) is 13.7. The van der Waals surface area contributed by atoms with Crippen LogP contribution in [-0.2, 0) is 6.54 Å². The Kier molecular flexibility index (Phi) is 2.90. The van der Waals surface area contributed by atoms with Crippen molar-refractivity contribution in [1.82, 2.24) is 5.32 Å². The molecule has 2 heteroatoms. The van der Waals surface area contributed by atoms with Gasteiger partial charge in [-0.25, -0.2) is 0 Å². The number of hydrogen-bond acceptors (Lipinski definition) is 2. The fraction of sp³-hybridized carbons (Fsp3) is 0.647. The van der Waals surface area contributed by atoms with Gasteiger partial charge in [0.15, 0.2) is 0 Å². The maximum atomic E-state index is 9.84. The van der Waals surface area contributed by atoms with Gasteiger partial charge in [0.25, 0.3) is 0 Å². The van der Waals surface area contributed by atoms with E-state index in [1.165, 1.54) is 19.3 Å². The van der Waals surface area contributed by atoms with E-state index in [0.29, 0.717) is 22.6 Å². The zero-order valence-corrected chi connectivity index (χ0v) is 12.2. The number of benzene rings is 1. The molecule has 1 aromatic carbocycles. The summed E-state index contributed by atoms with van der Waals surface area (Å²) in [7, 11) is 0. The fourth-order valence-electron chi connectivity index (χ4n) is 4.41. The van der Waals surface area contributed by atoms with E-state index >= 15 is 0 Å². The Morgan fingerprint density at radius 3 is 2.58 bits per heavy atom. The van der Waals surface area contributed by atoms with Crippen LogP contribution in [0.2, 0.25) is 0 Å². The first-order valence-electron chi connectivity index (χ1n) is 7.45. The molecule has 0 aliphatic heterocycles. The number of nitrogens with one attached hydrogen (secondary N) is 1. The van der Waals surface area contributed by atoms with Crippen LogP contribution in [0.1, 0.15) is 45.6 Å². The Morgan fingerprint density at radius 2 is 2.00 bits per heavy atom. The summed E-state index contributed by atoms with van der Waals surface area (Å²) in [6.07, 6.45) is 4.01. The van der Waals surface area contributed by atoms with Gasteiger partial charge in [0, 0.05) is 18.2 Å². The summed E-state index contributed by atoms with van der Waals surface area (Å²) in [5, 5.41) is 13.5. The van der Waals surface area contributed by atoms with E-state index in [-0.39, 0.29) is 0 Å². The summed E-state index contributed by atoms with van der Waals surface area (Å²) in [5.41, 5.74) is 1.86. The summed E-state index contributed by atoms with van der Waals surface area (Å²) in [4.78, 5) is 0. The van der Waals surface area contributed by atoms with Crippen molar-refractivity contribution < 1.29 is 5.11 Å². The Balaban J connectivity index is 1.71. The van der Waals surface area contributed by atoms with Gasteiger partial charge in [-0.05, 0) is 42.1 Å². The summed E-state index contributed by atoms with van der Waals surface area (Å²) in [5.74, 6) is 1.27. The molecule has 2 N–H and O–H groups in total. The first-order valence-corrected chi connectivity index (χ1v) is 7.45. The standard InChI is InChI=1S/C17H25NO/c1-16(2)13-8-9-17(16,3)15(10-13)18-11-12-6-4-5-7-14(12)19/h4-7,13,15,18-19H,8-11H2,1-3H3/t13-,15+,17+/m1/s1. The lowest BCUT2D eigenvalue weighted by atomic mass is 9.69. The molecule has 2 bridgehead atoms. The van der Waals surface area contributed by atoms with Gasteiger partial charge in [-0.1, -0.05) is 39.0 Å². The minimum absolute atomic E-state index is 0.405. The van der Waals surface area contributed by atoms with E-state index in [1.807, 2.05) is 18.2 Å². The fourth-order valence-corrected chi connectivity index (χ4v) is 4.41. The normalized spacial score (nSPS) is 35.7. The monoisotopic (exact) mass is 259 g/mol. The summed E-state index contributed by atoms with van der Waals surface area (Å²) >= 11 is 0. The molecule has 2 nitrogen and oxygen atoms in total. The molecule has 19 heavy (non-hydrogen) atoms. The summed E-state index contributed by atoms with van der Waals surface area (Å²) < 4.78 is 0. The number of fused-ring (bicyclic) bond motifs is 2. The molecular weight excluding hydrogens is 234 g/mol. The van der Waals surface area contributed by atoms with Crippen LogP contribution in [0.3, 0.4) is 0 Å². The molecule has 104 valence electrons. The third-order valence-corrected chi connectivity index (χ3v) is 6.32. The second-order valence-corrected chi connectivity index (χ2v) is 7.17. The molecule has 0 heterocycles. The number of phenols is 1. The maximum Gasteiger partial charge on any atom is 0.120 e. The van der Waals surface area contributed by atoms with Gasteiger partial charge in [-0.3, -0.25) is 0 Å². The van der Waals surface area contributed by atoms with Crippen LogP contribution in [-0.4, -0.2) is 11.1 Å². The largest absolute Gasteiger partial charge is 0.508 e. The number of para-hydroxylation sites is 1. The van der Waals surface area contributed by atoms with Crippen LogP contribution in [0, 0.1) is 16.7 Å². The quantitative estimate of drug-likeness (QED) is 0.867. The van der Waals surface area contributed by atoms with E-state index in [2.05, 4.69) is 26.1 Å². The van der Waals surface area contributed by atoms with E-state index in [4.69, 9.17) is 0 Å². The average molecular weight is 259 g/mol. The molecule has 0 unspecified atom stereocenters. The van der Waals surface area contributed by atoms with Crippen LogP contribution >= 0.6 is 0 Å². The van der Waals surface area contributed by atoms with Gasteiger partial charge in [-0.15, -0.1) is 0 Å². The van der Waals surface area contributed by atoms with Gasteiger partial charge in [0.05, 0.1) is 0 Å².